The first-order chi connectivity index (χ1) is 5.33. The average Bonchev–Trinajstić information content (AvgIpc) is 2.37. The second-order valence-electron chi connectivity index (χ2n) is 2.63. The van der Waals surface area contributed by atoms with E-state index in [-0.39, 0.29) is 12.1 Å². The molecule has 1 atom stereocenters. The molecule has 11 heavy (non-hydrogen) atoms. The predicted molar refractivity (Wildman–Crippen MR) is 41.4 cm³/mol. The van der Waals surface area contributed by atoms with Gasteiger partial charge in [-0.3, -0.25) is 0 Å². The van der Waals surface area contributed by atoms with Crippen LogP contribution in [0.1, 0.15) is 13.3 Å². The highest BCUT2D eigenvalue weighted by Crippen LogP contribution is 1.91. The first-order valence-corrected chi connectivity index (χ1v) is 3.95. The molecular formula is C7H14N2O2. The van der Waals surface area contributed by atoms with E-state index in [0.717, 1.165) is 13.0 Å². The number of carbonyl (C=O) groups is 1. The molecule has 64 valence electrons. The molecular weight excluding hydrogens is 144 g/mol. The SMILES string of the molecule is CCCOCC1CNC(=O)N1. The summed E-state index contributed by atoms with van der Waals surface area (Å²) >= 11 is 0. The molecule has 1 rings (SSSR count). The van der Waals surface area contributed by atoms with Crippen molar-refractivity contribution in [3.63, 3.8) is 0 Å². The first kappa shape index (κ1) is 8.33. The third kappa shape index (κ3) is 2.76. The van der Waals surface area contributed by atoms with Crippen LogP contribution < -0.4 is 10.6 Å². The van der Waals surface area contributed by atoms with E-state index < -0.39 is 0 Å². The maximum atomic E-state index is 10.6. The van der Waals surface area contributed by atoms with E-state index in [1.807, 2.05) is 0 Å². The molecule has 2 N–H and O–H groups in total. The van der Waals surface area contributed by atoms with E-state index in [9.17, 15) is 4.79 Å². The molecule has 0 radical (unpaired) electrons. The number of ether oxygens (including phenoxy) is 1. The Kier molecular flexibility index (Phi) is 3.16. The Labute approximate surface area is 66.3 Å². The molecule has 1 aliphatic rings. The second-order valence-corrected chi connectivity index (χ2v) is 2.63. The Hall–Kier alpha value is -0.770. The Bertz CT molecular complexity index is 138. The minimum Gasteiger partial charge on any atom is -0.379 e. The van der Waals surface area contributed by atoms with E-state index in [0.29, 0.717) is 13.2 Å². The van der Waals surface area contributed by atoms with Gasteiger partial charge in [-0.05, 0) is 6.42 Å². The van der Waals surface area contributed by atoms with Crippen LogP contribution in [-0.2, 0) is 4.74 Å². The van der Waals surface area contributed by atoms with Gasteiger partial charge in [-0.2, -0.15) is 0 Å². The Morgan fingerprint density at radius 1 is 1.73 bits per heavy atom. The normalized spacial score (nSPS) is 23.0. The van der Waals surface area contributed by atoms with Gasteiger partial charge in [0.2, 0.25) is 0 Å². The minimum absolute atomic E-state index is 0.0879. The van der Waals surface area contributed by atoms with E-state index in [4.69, 9.17) is 4.74 Å². The van der Waals surface area contributed by atoms with E-state index >= 15 is 0 Å². The molecule has 1 unspecified atom stereocenters. The van der Waals surface area contributed by atoms with Crippen molar-refractivity contribution >= 4 is 6.03 Å². The van der Waals surface area contributed by atoms with Crippen LogP contribution in [0.25, 0.3) is 0 Å². The van der Waals surface area contributed by atoms with E-state index in [2.05, 4.69) is 17.6 Å². The summed E-state index contributed by atoms with van der Waals surface area (Å²) in [7, 11) is 0. The molecule has 0 aliphatic carbocycles. The lowest BCUT2D eigenvalue weighted by Crippen LogP contribution is -2.31. The van der Waals surface area contributed by atoms with Crippen molar-refractivity contribution in [2.75, 3.05) is 19.8 Å². The van der Waals surface area contributed by atoms with Gasteiger partial charge < -0.3 is 15.4 Å². The summed E-state index contributed by atoms with van der Waals surface area (Å²) in [4.78, 5) is 10.6. The van der Waals surface area contributed by atoms with Crippen molar-refractivity contribution in [3.05, 3.63) is 0 Å². The fraction of sp³-hybridized carbons (Fsp3) is 0.857. The number of urea groups is 1. The summed E-state index contributed by atoms with van der Waals surface area (Å²) in [5, 5.41) is 5.40. The highest BCUT2D eigenvalue weighted by atomic mass is 16.5. The Balaban J connectivity index is 2.04. The van der Waals surface area contributed by atoms with Crippen LogP contribution in [0.15, 0.2) is 0 Å². The Morgan fingerprint density at radius 2 is 2.55 bits per heavy atom. The van der Waals surface area contributed by atoms with Gasteiger partial charge in [-0.25, -0.2) is 4.79 Å². The molecule has 1 fully saturated rings. The smallest absolute Gasteiger partial charge is 0.315 e. The number of hydrogen-bond acceptors (Lipinski definition) is 2. The monoisotopic (exact) mass is 158 g/mol. The first-order valence-electron chi connectivity index (χ1n) is 3.95. The highest BCUT2D eigenvalue weighted by molar-refractivity contribution is 5.76. The molecule has 0 aromatic rings. The number of rotatable bonds is 4. The molecule has 2 amide bonds. The molecule has 0 aromatic heterocycles. The predicted octanol–water partition coefficient (Wildman–Crippen LogP) is 0.0944. The summed E-state index contributed by atoms with van der Waals surface area (Å²) in [6.07, 6.45) is 1.02. The molecule has 4 heteroatoms. The molecule has 1 aliphatic heterocycles. The van der Waals surface area contributed by atoms with Gasteiger partial charge in [0.25, 0.3) is 0 Å². The van der Waals surface area contributed by atoms with Crippen molar-refractivity contribution in [1.29, 1.82) is 0 Å². The maximum absolute atomic E-state index is 10.6. The van der Waals surface area contributed by atoms with Crippen LogP contribution in [0.4, 0.5) is 4.79 Å². The summed E-state index contributed by atoms with van der Waals surface area (Å²) in [6, 6.07) is 0.0733. The van der Waals surface area contributed by atoms with Crippen LogP contribution in [-0.4, -0.2) is 31.8 Å². The van der Waals surface area contributed by atoms with Crippen molar-refractivity contribution < 1.29 is 9.53 Å². The van der Waals surface area contributed by atoms with Crippen LogP contribution in [0, 0.1) is 0 Å². The summed E-state index contributed by atoms with van der Waals surface area (Å²) in [5.74, 6) is 0. The van der Waals surface area contributed by atoms with Crippen molar-refractivity contribution in [2.45, 2.75) is 19.4 Å². The number of carbonyl (C=O) groups excluding carboxylic acids is 1. The van der Waals surface area contributed by atoms with Crippen molar-refractivity contribution in [3.8, 4) is 0 Å². The van der Waals surface area contributed by atoms with Crippen LogP contribution in [0.2, 0.25) is 0 Å². The third-order valence-electron chi connectivity index (χ3n) is 1.51. The number of hydrogen-bond donors (Lipinski definition) is 2. The molecule has 0 bridgehead atoms. The van der Waals surface area contributed by atoms with E-state index in [1.165, 1.54) is 0 Å². The second kappa shape index (κ2) is 4.18. The molecule has 1 saturated heterocycles. The van der Waals surface area contributed by atoms with Crippen LogP contribution in [0.3, 0.4) is 0 Å². The van der Waals surface area contributed by atoms with E-state index in [1.54, 1.807) is 0 Å². The topological polar surface area (TPSA) is 50.4 Å². The van der Waals surface area contributed by atoms with Crippen molar-refractivity contribution in [2.24, 2.45) is 0 Å². The molecule has 0 spiro atoms. The van der Waals surface area contributed by atoms with Crippen LogP contribution in [0.5, 0.6) is 0 Å². The molecule has 4 nitrogen and oxygen atoms in total. The van der Waals surface area contributed by atoms with Gasteiger partial charge in [0.15, 0.2) is 0 Å². The van der Waals surface area contributed by atoms with Gasteiger partial charge in [0.1, 0.15) is 0 Å². The third-order valence-corrected chi connectivity index (χ3v) is 1.51. The van der Waals surface area contributed by atoms with Gasteiger partial charge in [-0.15, -0.1) is 0 Å². The molecule has 1 heterocycles. The minimum atomic E-state index is -0.0879. The summed E-state index contributed by atoms with van der Waals surface area (Å²) in [6.45, 7) is 4.13. The Morgan fingerprint density at radius 3 is 3.09 bits per heavy atom. The van der Waals surface area contributed by atoms with Crippen LogP contribution >= 0.6 is 0 Å². The fourth-order valence-corrected chi connectivity index (χ4v) is 0.974. The quantitative estimate of drug-likeness (QED) is 0.570. The zero-order chi connectivity index (χ0) is 8.10. The molecule has 0 aromatic carbocycles. The fourth-order valence-electron chi connectivity index (χ4n) is 0.974. The lowest BCUT2D eigenvalue weighted by atomic mass is 10.3. The maximum Gasteiger partial charge on any atom is 0.315 e. The summed E-state index contributed by atoms with van der Waals surface area (Å²) < 4.78 is 5.26. The number of amides is 2. The zero-order valence-electron chi connectivity index (χ0n) is 6.72. The standard InChI is InChI=1S/C7H14N2O2/c1-2-3-11-5-6-4-8-7(10)9-6/h6H,2-5H2,1H3,(H2,8,9,10). The lowest BCUT2D eigenvalue weighted by molar-refractivity contribution is 0.120. The van der Waals surface area contributed by atoms with Gasteiger partial charge >= 0.3 is 6.03 Å². The zero-order valence-corrected chi connectivity index (χ0v) is 6.72. The van der Waals surface area contributed by atoms with Crippen molar-refractivity contribution in [1.82, 2.24) is 10.6 Å². The van der Waals surface area contributed by atoms with Gasteiger partial charge in [-0.1, -0.05) is 6.92 Å². The number of nitrogens with one attached hydrogen (secondary N) is 2. The van der Waals surface area contributed by atoms with Gasteiger partial charge in [0.05, 0.1) is 12.6 Å². The average molecular weight is 158 g/mol. The molecule has 0 saturated carbocycles. The van der Waals surface area contributed by atoms with Gasteiger partial charge in [0, 0.05) is 13.2 Å². The lowest BCUT2D eigenvalue weighted by Gasteiger charge is -2.07. The highest BCUT2D eigenvalue weighted by Gasteiger charge is 2.18. The largest absolute Gasteiger partial charge is 0.379 e. The summed E-state index contributed by atoms with van der Waals surface area (Å²) in [5.41, 5.74) is 0.